The Morgan fingerprint density at radius 1 is 1.56 bits per heavy atom. The maximum absolute atomic E-state index is 13.1. The Morgan fingerprint density at radius 3 is 3.06 bits per heavy atom. The van der Waals surface area contributed by atoms with Crippen molar-refractivity contribution >= 4 is 22.7 Å². The lowest BCUT2D eigenvalue weighted by atomic mass is 10.1. The molecule has 0 aliphatic heterocycles. The normalized spacial score (nSPS) is 10.5. The van der Waals surface area contributed by atoms with Crippen LogP contribution in [0.5, 0.6) is 0 Å². The quantitative estimate of drug-likeness (QED) is 0.522. The minimum Gasteiger partial charge on any atom is -0.253 e. The summed E-state index contributed by atoms with van der Waals surface area (Å²) in [5, 5.41) is 6.58. The maximum Gasteiger partial charge on any atom is 0.203 e. The fourth-order valence-electron chi connectivity index (χ4n) is 1.33. The van der Waals surface area contributed by atoms with Crippen molar-refractivity contribution in [2.75, 3.05) is 5.43 Å². The molecule has 3 nitrogen and oxygen atoms in total. The lowest BCUT2D eigenvalue weighted by Crippen LogP contribution is -1.93. The van der Waals surface area contributed by atoms with E-state index in [9.17, 15) is 4.39 Å². The molecule has 90 valence electrons. The summed E-state index contributed by atoms with van der Waals surface area (Å²) in [4.78, 5) is 4.18. The third-order valence-corrected chi connectivity index (χ3v) is 3.02. The van der Waals surface area contributed by atoms with E-state index in [4.69, 9.17) is 6.42 Å². The predicted molar refractivity (Wildman–Crippen MR) is 72.4 cm³/mol. The largest absolute Gasteiger partial charge is 0.253 e. The summed E-state index contributed by atoms with van der Waals surface area (Å²) in [6.07, 6.45) is 6.80. The Kier molecular flexibility index (Phi) is 3.70. The number of terminal acetylenes is 1. The fraction of sp³-hybridized carbons (Fsp3) is 0.0769. The molecule has 0 aliphatic rings. The summed E-state index contributed by atoms with van der Waals surface area (Å²) in [6.45, 7) is 1.90. The molecule has 0 unspecified atom stereocenters. The summed E-state index contributed by atoms with van der Waals surface area (Å²) >= 11 is 1.45. The van der Waals surface area contributed by atoms with Crippen LogP contribution in [0.25, 0.3) is 0 Å². The van der Waals surface area contributed by atoms with Gasteiger partial charge < -0.3 is 0 Å². The molecule has 1 heterocycles. The molecule has 2 aromatic rings. The third kappa shape index (κ3) is 2.93. The van der Waals surface area contributed by atoms with Crippen molar-refractivity contribution < 1.29 is 4.39 Å². The predicted octanol–water partition coefficient (Wildman–Crippen LogP) is 3.02. The van der Waals surface area contributed by atoms with Crippen LogP contribution in [-0.2, 0) is 0 Å². The molecule has 18 heavy (non-hydrogen) atoms. The van der Waals surface area contributed by atoms with E-state index in [-0.39, 0.29) is 5.82 Å². The van der Waals surface area contributed by atoms with Crippen molar-refractivity contribution in [2.45, 2.75) is 6.92 Å². The van der Waals surface area contributed by atoms with Gasteiger partial charge in [-0.05, 0) is 25.1 Å². The molecule has 1 aromatic heterocycles. The van der Waals surface area contributed by atoms with Gasteiger partial charge in [0.1, 0.15) is 5.82 Å². The average molecular weight is 259 g/mol. The summed E-state index contributed by atoms with van der Waals surface area (Å²) in [5.74, 6) is 2.13. The minimum absolute atomic E-state index is 0.347. The lowest BCUT2D eigenvalue weighted by molar-refractivity contribution is 0.627. The highest BCUT2D eigenvalue weighted by Gasteiger charge is 2.00. The molecular weight excluding hydrogens is 249 g/mol. The van der Waals surface area contributed by atoms with Crippen LogP contribution in [0.1, 0.15) is 16.8 Å². The molecule has 2 rings (SSSR count). The Labute approximate surface area is 108 Å². The molecule has 1 N–H and O–H groups in total. The third-order valence-electron chi connectivity index (χ3n) is 2.15. The van der Waals surface area contributed by atoms with Crippen LogP contribution in [0, 0.1) is 25.1 Å². The molecule has 0 radical (unpaired) electrons. The number of anilines is 1. The molecule has 0 atom stereocenters. The zero-order valence-electron chi connectivity index (χ0n) is 9.64. The van der Waals surface area contributed by atoms with Crippen LogP contribution in [0.2, 0.25) is 0 Å². The second kappa shape index (κ2) is 5.43. The number of nitrogens with zero attached hydrogens (tertiary/aromatic N) is 2. The first-order valence-electron chi connectivity index (χ1n) is 5.16. The van der Waals surface area contributed by atoms with Gasteiger partial charge in [0.25, 0.3) is 0 Å². The highest BCUT2D eigenvalue weighted by atomic mass is 32.1. The van der Waals surface area contributed by atoms with Gasteiger partial charge in [0.15, 0.2) is 0 Å². The van der Waals surface area contributed by atoms with Crippen molar-refractivity contribution in [3.63, 3.8) is 0 Å². The molecule has 0 saturated carbocycles. The average Bonchev–Trinajstić information content (AvgIpc) is 2.75. The molecule has 0 aliphatic carbocycles. The van der Waals surface area contributed by atoms with Crippen LogP contribution < -0.4 is 5.43 Å². The number of aromatic nitrogens is 1. The Bertz CT molecular complexity index is 625. The second-order valence-corrected chi connectivity index (χ2v) is 4.40. The summed E-state index contributed by atoms with van der Waals surface area (Å²) in [7, 11) is 0. The molecule has 5 heteroatoms. The molecule has 0 saturated heterocycles. The number of hydrazone groups is 1. The van der Waals surface area contributed by atoms with E-state index < -0.39 is 0 Å². The summed E-state index contributed by atoms with van der Waals surface area (Å²) in [6, 6.07) is 4.21. The number of hydrogen-bond acceptors (Lipinski definition) is 4. The van der Waals surface area contributed by atoms with Gasteiger partial charge in [0, 0.05) is 16.5 Å². The van der Waals surface area contributed by atoms with Crippen LogP contribution in [0.3, 0.4) is 0 Å². The van der Waals surface area contributed by atoms with Gasteiger partial charge in [-0.15, -0.1) is 17.8 Å². The van der Waals surface area contributed by atoms with Gasteiger partial charge in [-0.3, -0.25) is 5.43 Å². The molecule has 0 spiro atoms. The van der Waals surface area contributed by atoms with Gasteiger partial charge in [-0.25, -0.2) is 9.37 Å². The monoisotopic (exact) mass is 259 g/mol. The van der Waals surface area contributed by atoms with E-state index in [1.54, 1.807) is 6.07 Å². The van der Waals surface area contributed by atoms with Crippen LogP contribution in [0.15, 0.2) is 28.7 Å². The number of halogens is 1. The first-order valence-corrected chi connectivity index (χ1v) is 6.04. The highest BCUT2D eigenvalue weighted by molar-refractivity contribution is 7.13. The number of benzene rings is 1. The first kappa shape index (κ1) is 12.3. The van der Waals surface area contributed by atoms with Crippen LogP contribution in [0.4, 0.5) is 9.52 Å². The molecule has 1 aromatic carbocycles. The molecule has 0 amide bonds. The number of aryl methyl sites for hydroxylation is 1. The van der Waals surface area contributed by atoms with Crippen molar-refractivity contribution in [3.05, 3.63) is 46.2 Å². The van der Waals surface area contributed by atoms with E-state index in [0.29, 0.717) is 16.3 Å². The van der Waals surface area contributed by atoms with E-state index in [1.165, 1.54) is 29.7 Å². The zero-order chi connectivity index (χ0) is 13.0. The maximum atomic E-state index is 13.1. The minimum atomic E-state index is -0.347. The standard InChI is InChI=1S/C13H10FN3S/c1-3-10-4-5-12(14)6-11(10)7-15-17-13-16-9(2)8-18-13/h1,4-8H,2H3,(H,16,17). The van der Waals surface area contributed by atoms with E-state index in [1.807, 2.05) is 12.3 Å². The zero-order valence-corrected chi connectivity index (χ0v) is 10.5. The van der Waals surface area contributed by atoms with Gasteiger partial charge in [-0.1, -0.05) is 5.92 Å². The van der Waals surface area contributed by atoms with Crippen molar-refractivity contribution in [3.8, 4) is 12.3 Å². The number of nitrogens with one attached hydrogen (secondary N) is 1. The van der Waals surface area contributed by atoms with E-state index >= 15 is 0 Å². The Balaban J connectivity index is 2.14. The Hall–Kier alpha value is -2.19. The van der Waals surface area contributed by atoms with Gasteiger partial charge >= 0.3 is 0 Å². The van der Waals surface area contributed by atoms with Gasteiger partial charge in [-0.2, -0.15) is 5.10 Å². The topological polar surface area (TPSA) is 37.3 Å². The number of rotatable bonds is 3. The SMILES string of the molecule is C#Cc1ccc(F)cc1C=NNc1nc(C)cs1. The van der Waals surface area contributed by atoms with Crippen LogP contribution in [-0.4, -0.2) is 11.2 Å². The molecule has 0 bridgehead atoms. The summed E-state index contributed by atoms with van der Waals surface area (Å²) < 4.78 is 13.1. The van der Waals surface area contributed by atoms with Gasteiger partial charge in [0.05, 0.1) is 11.9 Å². The molecular formula is C13H10FN3S. The Morgan fingerprint density at radius 2 is 2.39 bits per heavy atom. The first-order chi connectivity index (χ1) is 8.69. The van der Waals surface area contributed by atoms with Crippen molar-refractivity contribution in [1.82, 2.24) is 4.98 Å². The fourth-order valence-corrected chi connectivity index (χ4v) is 1.97. The van der Waals surface area contributed by atoms with E-state index in [2.05, 4.69) is 21.4 Å². The molecule has 0 fully saturated rings. The van der Waals surface area contributed by atoms with Crippen molar-refractivity contribution in [1.29, 1.82) is 0 Å². The number of hydrogen-bond donors (Lipinski definition) is 1. The van der Waals surface area contributed by atoms with Crippen LogP contribution >= 0.6 is 11.3 Å². The lowest BCUT2D eigenvalue weighted by Gasteiger charge is -1.98. The van der Waals surface area contributed by atoms with Gasteiger partial charge in [0.2, 0.25) is 5.13 Å². The van der Waals surface area contributed by atoms with E-state index in [0.717, 1.165) is 5.69 Å². The summed E-state index contributed by atoms with van der Waals surface area (Å²) in [5.41, 5.74) is 4.84. The second-order valence-electron chi connectivity index (χ2n) is 3.54. The highest BCUT2D eigenvalue weighted by Crippen LogP contribution is 2.14. The smallest absolute Gasteiger partial charge is 0.203 e. The van der Waals surface area contributed by atoms with Crippen molar-refractivity contribution in [2.24, 2.45) is 5.10 Å². The number of thiazole rings is 1.